The first-order chi connectivity index (χ1) is 3.31. The van der Waals surface area contributed by atoms with Crippen LogP contribution in [0.4, 0.5) is 0 Å². The summed E-state index contributed by atoms with van der Waals surface area (Å²) >= 11 is 3.74. The van der Waals surface area contributed by atoms with Crippen LogP contribution in [0.2, 0.25) is 0 Å². The van der Waals surface area contributed by atoms with E-state index in [0.29, 0.717) is 5.75 Å². The highest BCUT2D eigenvalue weighted by molar-refractivity contribution is 7.80. The number of thiol groups is 1. The number of carbonyl (C=O) groups is 1. The zero-order valence-electron chi connectivity index (χ0n) is 3.72. The second kappa shape index (κ2) is 3.69. The second-order valence-corrected chi connectivity index (χ2v) is 1.46. The van der Waals surface area contributed by atoms with Gasteiger partial charge in [-0.2, -0.15) is 17.9 Å². The van der Waals surface area contributed by atoms with Gasteiger partial charge in [-0.1, -0.05) is 0 Å². The maximum absolute atomic E-state index is 10.0. The van der Waals surface area contributed by atoms with Crippen molar-refractivity contribution < 1.29 is 4.79 Å². The Hall–Kier alpha value is -0.490. The Labute approximate surface area is 47.5 Å². The van der Waals surface area contributed by atoms with Crippen molar-refractivity contribution in [2.75, 3.05) is 5.75 Å². The normalized spacial score (nSPS) is 7.43. The Kier molecular flexibility index (Phi) is 3.43. The lowest BCUT2D eigenvalue weighted by atomic mass is 10.3. The predicted molar refractivity (Wildman–Crippen MR) is 29.1 cm³/mol. The van der Waals surface area contributed by atoms with E-state index in [1.165, 1.54) is 6.07 Å². The van der Waals surface area contributed by atoms with Gasteiger partial charge in [0.2, 0.25) is 5.78 Å². The molecule has 0 atom stereocenters. The molecule has 0 N–H and O–H groups in total. The predicted octanol–water partition coefficient (Wildman–Crippen LogP) is 0.399. The first kappa shape index (κ1) is 6.51. The number of nitriles is 1. The minimum Gasteiger partial charge on any atom is -0.283 e. The van der Waals surface area contributed by atoms with E-state index < -0.39 is 5.78 Å². The zero-order chi connectivity index (χ0) is 5.70. The Bertz CT molecular complexity index is 105. The molecule has 3 heteroatoms. The molecule has 0 aromatic rings. The molecule has 0 bridgehead atoms. The van der Waals surface area contributed by atoms with Gasteiger partial charge >= 0.3 is 0 Å². The van der Waals surface area contributed by atoms with Crippen molar-refractivity contribution in [2.45, 2.75) is 6.42 Å². The maximum Gasteiger partial charge on any atom is 0.232 e. The Morgan fingerprint density at radius 3 is 2.57 bits per heavy atom. The molecule has 0 aliphatic rings. The molecule has 2 nitrogen and oxygen atoms in total. The first-order valence-electron chi connectivity index (χ1n) is 1.85. The number of rotatable bonds is 2. The second-order valence-electron chi connectivity index (χ2n) is 1.01. The van der Waals surface area contributed by atoms with Crippen LogP contribution in [0, 0.1) is 11.3 Å². The van der Waals surface area contributed by atoms with E-state index >= 15 is 0 Å². The SMILES string of the molecule is N#CC(=O)CCS. The third-order valence-corrected chi connectivity index (χ3v) is 0.687. The molecule has 0 aliphatic heterocycles. The molecular formula is C4H5NOS. The van der Waals surface area contributed by atoms with Crippen LogP contribution in [0.5, 0.6) is 0 Å². The van der Waals surface area contributed by atoms with Crippen LogP contribution < -0.4 is 0 Å². The van der Waals surface area contributed by atoms with Gasteiger partial charge in [-0.3, -0.25) is 4.79 Å². The highest BCUT2D eigenvalue weighted by atomic mass is 32.1. The number of Topliss-reactive ketones (excluding diaryl/α,β-unsaturated/α-hetero) is 1. The monoisotopic (exact) mass is 115 g/mol. The molecule has 0 spiro atoms. The summed E-state index contributed by atoms with van der Waals surface area (Å²) in [5.74, 6) is 0.0712. The van der Waals surface area contributed by atoms with Gasteiger partial charge in [-0.25, -0.2) is 0 Å². The van der Waals surface area contributed by atoms with Crippen LogP contribution in [-0.4, -0.2) is 11.5 Å². The van der Waals surface area contributed by atoms with Crippen molar-refractivity contribution in [1.29, 1.82) is 5.26 Å². The highest BCUT2D eigenvalue weighted by Crippen LogP contribution is 1.82. The number of hydrogen-bond acceptors (Lipinski definition) is 3. The summed E-state index contributed by atoms with van der Waals surface area (Å²) in [6.07, 6.45) is 0.264. The van der Waals surface area contributed by atoms with Gasteiger partial charge in [0.05, 0.1) is 0 Å². The Balaban J connectivity index is 3.24. The smallest absolute Gasteiger partial charge is 0.232 e. The molecule has 0 heterocycles. The molecule has 0 rings (SSSR count). The van der Waals surface area contributed by atoms with Crippen molar-refractivity contribution in [3.05, 3.63) is 0 Å². The van der Waals surface area contributed by atoms with Crippen LogP contribution in [0.25, 0.3) is 0 Å². The van der Waals surface area contributed by atoms with E-state index in [0.717, 1.165) is 0 Å². The quantitative estimate of drug-likeness (QED) is 0.418. The average Bonchev–Trinajstić information content (AvgIpc) is 1.68. The summed E-state index contributed by atoms with van der Waals surface area (Å²) in [6.45, 7) is 0. The van der Waals surface area contributed by atoms with Crippen LogP contribution in [0.15, 0.2) is 0 Å². The van der Waals surface area contributed by atoms with Crippen molar-refractivity contribution in [3.63, 3.8) is 0 Å². The van der Waals surface area contributed by atoms with Gasteiger partial charge in [0, 0.05) is 6.42 Å². The van der Waals surface area contributed by atoms with E-state index in [1.807, 2.05) is 0 Å². The summed E-state index contributed by atoms with van der Waals surface area (Å²) < 4.78 is 0. The van der Waals surface area contributed by atoms with Gasteiger partial charge in [0.15, 0.2) is 0 Å². The third kappa shape index (κ3) is 3.34. The summed E-state index contributed by atoms with van der Waals surface area (Å²) in [5.41, 5.74) is 0. The number of nitrogens with zero attached hydrogens (tertiary/aromatic N) is 1. The van der Waals surface area contributed by atoms with Crippen molar-refractivity contribution in [2.24, 2.45) is 0 Å². The van der Waals surface area contributed by atoms with Crippen molar-refractivity contribution >= 4 is 18.4 Å². The van der Waals surface area contributed by atoms with E-state index in [2.05, 4.69) is 12.6 Å². The fourth-order valence-electron chi connectivity index (χ4n) is 0.157. The van der Waals surface area contributed by atoms with Crippen LogP contribution in [-0.2, 0) is 4.79 Å². The molecule has 0 aromatic heterocycles. The van der Waals surface area contributed by atoms with Crippen LogP contribution in [0.3, 0.4) is 0 Å². The number of ketones is 1. The third-order valence-electron chi connectivity index (χ3n) is 0.464. The van der Waals surface area contributed by atoms with Gasteiger partial charge in [-0.05, 0) is 5.75 Å². The van der Waals surface area contributed by atoms with E-state index in [4.69, 9.17) is 5.26 Å². The lowest BCUT2D eigenvalue weighted by molar-refractivity contribution is -0.113. The number of hydrogen-bond donors (Lipinski definition) is 1. The van der Waals surface area contributed by atoms with Crippen LogP contribution in [0.1, 0.15) is 6.42 Å². The van der Waals surface area contributed by atoms with E-state index in [-0.39, 0.29) is 6.42 Å². The molecule has 0 amide bonds. The standard InChI is InChI=1S/C4H5NOS/c5-3-4(6)1-2-7/h7H,1-2H2. The fourth-order valence-corrected chi connectivity index (χ4v) is 0.361. The highest BCUT2D eigenvalue weighted by Gasteiger charge is 1.92. The van der Waals surface area contributed by atoms with Gasteiger partial charge < -0.3 is 0 Å². The van der Waals surface area contributed by atoms with Crippen LogP contribution >= 0.6 is 12.6 Å². The fraction of sp³-hybridized carbons (Fsp3) is 0.500. The molecule has 0 radical (unpaired) electrons. The lowest BCUT2D eigenvalue weighted by Crippen LogP contribution is -1.91. The maximum atomic E-state index is 10.0. The number of carbonyl (C=O) groups excluding carboxylic acids is 1. The zero-order valence-corrected chi connectivity index (χ0v) is 4.61. The molecule has 0 aliphatic carbocycles. The largest absolute Gasteiger partial charge is 0.283 e. The minimum atomic E-state index is -0.394. The molecule has 0 saturated heterocycles. The minimum absolute atomic E-state index is 0.264. The summed E-state index contributed by atoms with van der Waals surface area (Å²) in [7, 11) is 0. The first-order valence-corrected chi connectivity index (χ1v) is 2.48. The van der Waals surface area contributed by atoms with Gasteiger partial charge in [0.1, 0.15) is 6.07 Å². The molecule has 0 saturated carbocycles. The molecular weight excluding hydrogens is 110 g/mol. The molecule has 38 valence electrons. The van der Waals surface area contributed by atoms with Crippen molar-refractivity contribution in [3.8, 4) is 6.07 Å². The van der Waals surface area contributed by atoms with Crippen molar-refractivity contribution in [1.82, 2.24) is 0 Å². The Morgan fingerprint density at radius 2 is 2.43 bits per heavy atom. The van der Waals surface area contributed by atoms with E-state index in [1.54, 1.807) is 0 Å². The lowest BCUT2D eigenvalue weighted by Gasteiger charge is -1.77. The molecule has 0 aromatic carbocycles. The topological polar surface area (TPSA) is 40.9 Å². The van der Waals surface area contributed by atoms with E-state index in [9.17, 15) is 4.79 Å². The molecule has 0 unspecified atom stereocenters. The van der Waals surface area contributed by atoms with Gasteiger partial charge in [-0.15, -0.1) is 0 Å². The van der Waals surface area contributed by atoms with Gasteiger partial charge in [0.25, 0.3) is 0 Å². The summed E-state index contributed by atoms with van der Waals surface area (Å²) in [5, 5.41) is 7.83. The summed E-state index contributed by atoms with van der Waals surface area (Å²) in [6, 6.07) is 1.48. The Morgan fingerprint density at radius 1 is 1.86 bits per heavy atom. The average molecular weight is 115 g/mol. The molecule has 0 fully saturated rings. The molecule has 7 heavy (non-hydrogen) atoms. The summed E-state index contributed by atoms with van der Waals surface area (Å²) in [4.78, 5) is 10.0.